The van der Waals surface area contributed by atoms with E-state index < -0.39 is 0 Å². The van der Waals surface area contributed by atoms with Gasteiger partial charge in [0.2, 0.25) is 5.91 Å². The number of anilines is 1. The first-order valence-electron chi connectivity index (χ1n) is 5.02. The maximum absolute atomic E-state index is 11.3. The molecule has 2 N–H and O–H groups in total. The molecule has 0 aliphatic heterocycles. The lowest BCUT2D eigenvalue weighted by Gasteiger charge is -2.20. The summed E-state index contributed by atoms with van der Waals surface area (Å²) in [5.74, 6) is 0.0213. The van der Waals surface area contributed by atoms with Crippen molar-refractivity contribution >= 4 is 11.6 Å². The largest absolute Gasteiger partial charge is 0.326 e. The molecule has 3 nitrogen and oxygen atoms in total. The van der Waals surface area contributed by atoms with E-state index in [1.54, 1.807) is 18.9 Å². The van der Waals surface area contributed by atoms with Crippen molar-refractivity contribution in [1.82, 2.24) is 0 Å². The minimum Gasteiger partial charge on any atom is -0.326 e. The third-order valence-corrected chi connectivity index (χ3v) is 2.75. The molecule has 0 unspecified atom stereocenters. The Kier molecular flexibility index (Phi) is 3.48. The lowest BCUT2D eigenvalue weighted by molar-refractivity contribution is -0.116. The van der Waals surface area contributed by atoms with Crippen LogP contribution < -0.4 is 10.6 Å². The Labute approximate surface area is 90.9 Å². The van der Waals surface area contributed by atoms with Crippen LogP contribution >= 0.6 is 0 Å². The van der Waals surface area contributed by atoms with Crippen LogP contribution in [0.2, 0.25) is 0 Å². The predicted molar refractivity (Wildman–Crippen MR) is 62.9 cm³/mol. The van der Waals surface area contributed by atoms with E-state index in [0.717, 1.165) is 11.3 Å². The van der Waals surface area contributed by atoms with Gasteiger partial charge in [0.1, 0.15) is 0 Å². The molecule has 0 aromatic heterocycles. The fourth-order valence-electron chi connectivity index (χ4n) is 1.51. The van der Waals surface area contributed by atoms with Gasteiger partial charge in [-0.2, -0.15) is 0 Å². The van der Waals surface area contributed by atoms with Gasteiger partial charge in [-0.25, -0.2) is 0 Å². The van der Waals surface area contributed by atoms with E-state index in [1.807, 2.05) is 26.0 Å². The molecule has 0 aliphatic carbocycles. The summed E-state index contributed by atoms with van der Waals surface area (Å²) in [6.45, 7) is 6.09. The number of carbonyl (C=O) groups is 1. The zero-order valence-electron chi connectivity index (χ0n) is 9.79. The Morgan fingerprint density at radius 2 is 1.87 bits per heavy atom. The molecule has 1 aromatic carbocycles. The summed E-state index contributed by atoms with van der Waals surface area (Å²) in [7, 11) is 1.77. The van der Waals surface area contributed by atoms with Gasteiger partial charge in [0.15, 0.2) is 0 Å². The molecule has 82 valence electrons. The van der Waals surface area contributed by atoms with Crippen LogP contribution in [0.3, 0.4) is 0 Å². The summed E-state index contributed by atoms with van der Waals surface area (Å²) in [6.07, 6.45) is 0. The average molecular weight is 206 g/mol. The van der Waals surface area contributed by atoms with Crippen molar-refractivity contribution in [3.8, 4) is 0 Å². The lowest BCUT2D eigenvalue weighted by atomic mass is 10.0. The van der Waals surface area contributed by atoms with E-state index in [9.17, 15) is 4.79 Å². The second kappa shape index (κ2) is 4.45. The van der Waals surface area contributed by atoms with E-state index in [4.69, 9.17) is 5.73 Å². The highest BCUT2D eigenvalue weighted by atomic mass is 16.2. The first-order chi connectivity index (χ1) is 6.97. The molecular formula is C12H18N2O. The van der Waals surface area contributed by atoms with Crippen molar-refractivity contribution < 1.29 is 4.79 Å². The third kappa shape index (κ3) is 2.36. The van der Waals surface area contributed by atoms with Gasteiger partial charge in [-0.05, 0) is 36.6 Å². The highest BCUT2D eigenvalue weighted by Gasteiger charge is 2.11. The SMILES string of the molecule is CC(=O)N(C)c1cc(C)c(C)cc1CN. The van der Waals surface area contributed by atoms with E-state index >= 15 is 0 Å². The van der Waals surface area contributed by atoms with Crippen LogP contribution in [0.1, 0.15) is 23.6 Å². The molecule has 15 heavy (non-hydrogen) atoms. The van der Waals surface area contributed by atoms with E-state index in [2.05, 4.69) is 0 Å². The Balaban J connectivity index is 3.27. The van der Waals surface area contributed by atoms with Gasteiger partial charge in [0.25, 0.3) is 0 Å². The number of amides is 1. The number of benzene rings is 1. The number of hydrogen-bond donors (Lipinski definition) is 1. The van der Waals surface area contributed by atoms with E-state index in [0.29, 0.717) is 6.54 Å². The van der Waals surface area contributed by atoms with Crippen LogP contribution in [-0.4, -0.2) is 13.0 Å². The zero-order chi connectivity index (χ0) is 11.6. The average Bonchev–Trinajstić information content (AvgIpc) is 2.20. The first kappa shape index (κ1) is 11.7. The van der Waals surface area contributed by atoms with Crippen molar-refractivity contribution in [2.45, 2.75) is 27.3 Å². The van der Waals surface area contributed by atoms with Gasteiger partial charge in [-0.1, -0.05) is 6.07 Å². The molecule has 0 heterocycles. The van der Waals surface area contributed by atoms with Gasteiger partial charge in [0, 0.05) is 26.2 Å². The van der Waals surface area contributed by atoms with E-state index in [-0.39, 0.29) is 5.91 Å². The molecule has 0 saturated carbocycles. The normalized spacial score (nSPS) is 10.2. The highest BCUT2D eigenvalue weighted by Crippen LogP contribution is 2.23. The molecule has 0 saturated heterocycles. The molecule has 0 aliphatic rings. The summed E-state index contributed by atoms with van der Waals surface area (Å²) < 4.78 is 0. The van der Waals surface area contributed by atoms with Crippen LogP contribution in [-0.2, 0) is 11.3 Å². The topological polar surface area (TPSA) is 46.3 Å². The molecule has 0 bridgehead atoms. The van der Waals surface area contributed by atoms with E-state index in [1.165, 1.54) is 11.1 Å². The predicted octanol–water partition coefficient (Wildman–Crippen LogP) is 1.74. The van der Waals surface area contributed by atoms with Crippen LogP contribution in [0, 0.1) is 13.8 Å². The van der Waals surface area contributed by atoms with Gasteiger partial charge in [-0.3, -0.25) is 4.79 Å². The van der Waals surface area contributed by atoms with Crippen LogP contribution in [0.25, 0.3) is 0 Å². The molecule has 0 fully saturated rings. The molecule has 0 atom stereocenters. The van der Waals surface area contributed by atoms with Crippen molar-refractivity contribution in [2.24, 2.45) is 5.73 Å². The first-order valence-corrected chi connectivity index (χ1v) is 5.02. The van der Waals surface area contributed by atoms with Crippen molar-refractivity contribution in [1.29, 1.82) is 0 Å². The number of aryl methyl sites for hydroxylation is 2. The number of hydrogen-bond acceptors (Lipinski definition) is 2. The molecule has 3 heteroatoms. The van der Waals surface area contributed by atoms with Crippen LogP contribution in [0.5, 0.6) is 0 Å². The Morgan fingerprint density at radius 3 is 2.33 bits per heavy atom. The van der Waals surface area contributed by atoms with Gasteiger partial charge in [0.05, 0.1) is 0 Å². The lowest BCUT2D eigenvalue weighted by Crippen LogP contribution is -2.24. The minimum absolute atomic E-state index is 0.0213. The minimum atomic E-state index is 0.0213. The monoisotopic (exact) mass is 206 g/mol. The van der Waals surface area contributed by atoms with Gasteiger partial charge in [-0.15, -0.1) is 0 Å². The second-order valence-corrected chi connectivity index (χ2v) is 3.85. The summed E-state index contributed by atoms with van der Waals surface area (Å²) in [4.78, 5) is 12.9. The summed E-state index contributed by atoms with van der Waals surface area (Å²) in [6, 6.07) is 4.06. The summed E-state index contributed by atoms with van der Waals surface area (Å²) in [5.41, 5.74) is 9.97. The Hall–Kier alpha value is -1.35. The molecule has 0 radical (unpaired) electrons. The number of nitrogens with two attached hydrogens (primary N) is 1. The Morgan fingerprint density at radius 1 is 1.33 bits per heavy atom. The Bertz CT molecular complexity index is 385. The third-order valence-electron chi connectivity index (χ3n) is 2.75. The molecule has 1 rings (SSSR count). The van der Waals surface area contributed by atoms with Crippen molar-refractivity contribution in [3.63, 3.8) is 0 Å². The second-order valence-electron chi connectivity index (χ2n) is 3.85. The maximum Gasteiger partial charge on any atom is 0.223 e. The standard InChI is InChI=1S/C12H18N2O/c1-8-5-11(7-13)12(6-9(8)2)14(4)10(3)15/h5-6H,7,13H2,1-4H3. The number of nitrogens with zero attached hydrogens (tertiary/aromatic N) is 1. The smallest absolute Gasteiger partial charge is 0.223 e. The molecular weight excluding hydrogens is 188 g/mol. The number of carbonyl (C=O) groups excluding carboxylic acids is 1. The van der Waals surface area contributed by atoms with Gasteiger partial charge < -0.3 is 10.6 Å². The fraction of sp³-hybridized carbons (Fsp3) is 0.417. The number of rotatable bonds is 2. The van der Waals surface area contributed by atoms with Crippen molar-refractivity contribution in [2.75, 3.05) is 11.9 Å². The van der Waals surface area contributed by atoms with Crippen molar-refractivity contribution in [3.05, 3.63) is 28.8 Å². The molecule has 1 amide bonds. The van der Waals surface area contributed by atoms with Gasteiger partial charge >= 0.3 is 0 Å². The zero-order valence-corrected chi connectivity index (χ0v) is 9.79. The van der Waals surface area contributed by atoms with Crippen LogP contribution in [0.4, 0.5) is 5.69 Å². The summed E-state index contributed by atoms with van der Waals surface area (Å²) >= 11 is 0. The van der Waals surface area contributed by atoms with Crippen LogP contribution in [0.15, 0.2) is 12.1 Å². The highest BCUT2D eigenvalue weighted by molar-refractivity contribution is 5.91. The fourth-order valence-corrected chi connectivity index (χ4v) is 1.51. The quantitative estimate of drug-likeness (QED) is 0.801. The summed E-state index contributed by atoms with van der Waals surface area (Å²) in [5, 5.41) is 0. The molecule has 0 spiro atoms. The molecule has 1 aromatic rings. The maximum atomic E-state index is 11.3.